The number of halogens is 4. The Balaban J connectivity index is 1.58. The summed E-state index contributed by atoms with van der Waals surface area (Å²) in [6.45, 7) is 0. The van der Waals surface area contributed by atoms with E-state index in [9.17, 15) is 21.6 Å². The largest absolute Gasteiger partial charge is 0.435 e. The molecule has 0 amide bonds. The Labute approximate surface area is 223 Å². The molecule has 0 aliphatic rings. The van der Waals surface area contributed by atoms with Crippen LogP contribution >= 0.6 is 34.7 Å². The fraction of sp³-hybridized carbons (Fsp3) is 0.0870. The van der Waals surface area contributed by atoms with Crippen LogP contribution in [0.5, 0.6) is 0 Å². The normalized spacial score (nSPS) is 12.8. The SMILES string of the molecule is CSC(=NS(=O)(=O)c1ccc(-n2nc(C(F)(F)F)cc2-c2cccs2)cc1)NN=Cc1ccc(Cl)cc1. The van der Waals surface area contributed by atoms with E-state index in [4.69, 9.17) is 11.6 Å². The van der Waals surface area contributed by atoms with Crippen molar-refractivity contribution in [1.29, 1.82) is 0 Å². The lowest BCUT2D eigenvalue weighted by Gasteiger charge is -2.08. The summed E-state index contributed by atoms with van der Waals surface area (Å²) in [5, 5.41) is 10.0. The highest BCUT2D eigenvalue weighted by molar-refractivity contribution is 8.13. The first-order valence-electron chi connectivity index (χ1n) is 10.3. The number of hydrogen-bond acceptors (Lipinski definition) is 6. The summed E-state index contributed by atoms with van der Waals surface area (Å²) in [4.78, 5) is 0.436. The van der Waals surface area contributed by atoms with Gasteiger partial charge in [0, 0.05) is 5.02 Å². The molecule has 0 aliphatic heterocycles. The highest BCUT2D eigenvalue weighted by Crippen LogP contribution is 2.35. The highest BCUT2D eigenvalue weighted by Gasteiger charge is 2.35. The Bertz CT molecular complexity index is 1530. The molecule has 2 aromatic carbocycles. The molecule has 2 aromatic heterocycles. The smallest absolute Gasteiger partial charge is 0.255 e. The van der Waals surface area contributed by atoms with Gasteiger partial charge in [0.1, 0.15) is 0 Å². The van der Waals surface area contributed by atoms with Gasteiger partial charge in [-0.1, -0.05) is 41.6 Å². The topological polar surface area (TPSA) is 88.7 Å². The zero-order valence-electron chi connectivity index (χ0n) is 18.8. The van der Waals surface area contributed by atoms with E-state index in [1.807, 2.05) is 0 Å². The molecule has 2 heterocycles. The van der Waals surface area contributed by atoms with Crippen LogP contribution in [0.2, 0.25) is 5.02 Å². The van der Waals surface area contributed by atoms with Gasteiger partial charge in [-0.2, -0.15) is 31.8 Å². The van der Waals surface area contributed by atoms with Gasteiger partial charge in [0.2, 0.25) is 0 Å². The minimum atomic E-state index is -4.63. The number of rotatable bonds is 6. The Kier molecular flexibility index (Phi) is 8.07. The van der Waals surface area contributed by atoms with Gasteiger partial charge >= 0.3 is 6.18 Å². The molecular weight excluding hydrogens is 567 g/mol. The van der Waals surface area contributed by atoms with Crippen LogP contribution in [0.1, 0.15) is 11.3 Å². The van der Waals surface area contributed by atoms with E-state index in [2.05, 4.69) is 20.0 Å². The van der Waals surface area contributed by atoms with Crippen LogP contribution in [-0.4, -0.2) is 35.8 Å². The monoisotopic (exact) mass is 583 g/mol. The molecule has 0 aliphatic carbocycles. The van der Waals surface area contributed by atoms with Gasteiger partial charge in [-0.3, -0.25) is 5.43 Å². The number of sulfonamides is 1. The van der Waals surface area contributed by atoms with Crippen molar-refractivity contribution in [2.45, 2.75) is 11.1 Å². The first-order chi connectivity index (χ1) is 17.6. The zero-order valence-corrected chi connectivity index (χ0v) is 22.1. The van der Waals surface area contributed by atoms with Crippen molar-refractivity contribution in [3.8, 4) is 16.3 Å². The predicted molar refractivity (Wildman–Crippen MR) is 142 cm³/mol. The van der Waals surface area contributed by atoms with Gasteiger partial charge < -0.3 is 0 Å². The summed E-state index contributed by atoms with van der Waals surface area (Å²) in [6, 6.07) is 16.5. The van der Waals surface area contributed by atoms with Crippen molar-refractivity contribution in [2.75, 3.05) is 6.26 Å². The third-order valence-corrected chi connectivity index (χ3v) is 7.91. The number of alkyl halides is 3. The van der Waals surface area contributed by atoms with Gasteiger partial charge in [0.05, 0.1) is 27.4 Å². The number of nitrogens with zero attached hydrogens (tertiary/aromatic N) is 4. The lowest BCUT2D eigenvalue weighted by Crippen LogP contribution is -2.16. The summed E-state index contributed by atoms with van der Waals surface area (Å²) in [5.41, 5.74) is 2.78. The van der Waals surface area contributed by atoms with Crippen LogP contribution in [-0.2, 0) is 16.2 Å². The fourth-order valence-electron chi connectivity index (χ4n) is 3.05. The van der Waals surface area contributed by atoms with Gasteiger partial charge in [0.25, 0.3) is 10.0 Å². The molecule has 0 fully saturated rings. The molecule has 0 saturated carbocycles. The minimum Gasteiger partial charge on any atom is -0.255 e. The van der Waals surface area contributed by atoms with Crippen molar-refractivity contribution in [1.82, 2.24) is 15.2 Å². The molecule has 7 nitrogen and oxygen atoms in total. The molecule has 0 radical (unpaired) electrons. The van der Waals surface area contributed by atoms with Crippen molar-refractivity contribution < 1.29 is 21.6 Å². The maximum absolute atomic E-state index is 13.3. The number of aromatic nitrogens is 2. The maximum Gasteiger partial charge on any atom is 0.435 e. The van der Waals surface area contributed by atoms with Crippen molar-refractivity contribution in [2.24, 2.45) is 9.50 Å². The van der Waals surface area contributed by atoms with Crippen molar-refractivity contribution in [3.05, 3.63) is 88.4 Å². The van der Waals surface area contributed by atoms with Crippen LogP contribution in [0.3, 0.4) is 0 Å². The standard InChI is InChI=1S/C23H17ClF3N5O2S3/c1-35-22(29-28-14-15-4-6-16(24)7-5-15)31-37(33,34)18-10-8-17(9-11-18)32-19(20-3-2-12-36-20)13-21(30-32)23(25,26)27/h2-14H,1H3,(H,29,31). The third kappa shape index (κ3) is 6.60. The van der Waals surface area contributed by atoms with E-state index >= 15 is 0 Å². The number of thiophene rings is 1. The molecule has 14 heteroatoms. The fourth-order valence-corrected chi connectivity index (χ4v) is 5.49. The first-order valence-corrected chi connectivity index (χ1v) is 14.2. The van der Waals surface area contributed by atoms with Crippen molar-refractivity contribution in [3.63, 3.8) is 0 Å². The van der Waals surface area contributed by atoms with Crippen LogP contribution in [0, 0.1) is 0 Å². The lowest BCUT2D eigenvalue weighted by molar-refractivity contribution is -0.141. The third-order valence-electron chi connectivity index (χ3n) is 4.79. The second-order valence-corrected chi connectivity index (χ2v) is 11.1. The summed E-state index contributed by atoms with van der Waals surface area (Å²) in [5.74, 6) is 0. The summed E-state index contributed by atoms with van der Waals surface area (Å²) in [7, 11) is -4.14. The number of thioether (sulfide) groups is 1. The Morgan fingerprint density at radius 2 is 1.84 bits per heavy atom. The molecule has 4 aromatic rings. The van der Waals surface area contributed by atoms with Crippen LogP contribution in [0.15, 0.2) is 86.5 Å². The van der Waals surface area contributed by atoms with E-state index in [-0.39, 0.29) is 21.4 Å². The van der Waals surface area contributed by atoms with Gasteiger partial charge in [-0.05, 0) is 65.7 Å². The second-order valence-electron chi connectivity index (χ2n) is 7.29. The second kappa shape index (κ2) is 11.1. The summed E-state index contributed by atoms with van der Waals surface area (Å²) < 4.78 is 70.6. The van der Waals surface area contributed by atoms with Crippen LogP contribution < -0.4 is 5.43 Å². The van der Waals surface area contributed by atoms with E-state index in [0.717, 1.165) is 28.1 Å². The van der Waals surface area contributed by atoms with E-state index in [0.29, 0.717) is 9.90 Å². The van der Waals surface area contributed by atoms with Gasteiger partial charge in [0.15, 0.2) is 10.9 Å². The number of hydrazone groups is 1. The average molecular weight is 584 g/mol. The number of benzene rings is 2. The molecule has 37 heavy (non-hydrogen) atoms. The van der Waals surface area contributed by atoms with E-state index in [1.54, 1.807) is 48.0 Å². The molecule has 0 unspecified atom stereocenters. The first kappa shape index (κ1) is 26.9. The number of amidine groups is 1. The molecule has 0 bridgehead atoms. The molecule has 192 valence electrons. The molecule has 4 rings (SSSR count). The maximum atomic E-state index is 13.3. The lowest BCUT2D eigenvalue weighted by atomic mass is 10.2. The van der Waals surface area contributed by atoms with Crippen molar-refractivity contribution >= 4 is 56.1 Å². The van der Waals surface area contributed by atoms with Gasteiger partial charge in [-0.15, -0.1) is 15.7 Å². The van der Waals surface area contributed by atoms with Gasteiger partial charge in [-0.25, -0.2) is 4.68 Å². The van der Waals surface area contributed by atoms with Crippen LogP contribution in [0.25, 0.3) is 16.3 Å². The minimum absolute atomic E-state index is 0.0242. The molecular formula is C23H17ClF3N5O2S3. The number of hydrogen-bond donors (Lipinski definition) is 1. The predicted octanol–water partition coefficient (Wildman–Crippen LogP) is 6.30. The Morgan fingerprint density at radius 1 is 1.14 bits per heavy atom. The molecule has 0 atom stereocenters. The Morgan fingerprint density at radius 3 is 2.43 bits per heavy atom. The quantitative estimate of drug-likeness (QED) is 0.163. The van der Waals surface area contributed by atoms with E-state index in [1.165, 1.54) is 41.8 Å². The van der Waals surface area contributed by atoms with Crippen LogP contribution in [0.4, 0.5) is 13.2 Å². The molecule has 0 spiro atoms. The molecule has 1 N–H and O–H groups in total. The summed E-state index contributed by atoms with van der Waals surface area (Å²) >= 11 is 8.15. The highest BCUT2D eigenvalue weighted by atomic mass is 35.5. The average Bonchev–Trinajstić information content (AvgIpc) is 3.55. The number of nitrogens with one attached hydrogen (secondary N) is 1. The molecule has 0 saturated heterocycles. The zero-order chi connectivity index (χ0) is 26.6. The van der Waals surface area contributed by atoms with E-state index < -0.39 is 21.9 Å². The Hall–Kier alpha value is -3.13. The summed E-state index contributed by atoms with van der Waals surface area (Å²) in [6.07, 6.45) is -1.52.